The molecule has 0 bridgehead atoms. The zero-order valence-corrected chi connectivity index (χ0v) is 30.7. The molecule has 8 N–H and O–H groups in total. The monoisotopic (exact) mass is 826 g/mol. The lowest BCUT2D eigenvalue weighted by Crippen LogP contribution is -2.23. The predicted octanol–water partition coefficient (Wildman–Crippen LogP) is 5.91. The maximum absolute atomic E-state index is 12.5. The normalized spacial score (nSPS) is 12.1. The first-order chi connectivity index (χ1) is 25.2. The smallest absolute Gasteiger partial charge is 0.296 e. The molecule has 0 unspecified atom stereocenters. The van der Waals surface area contributed by atoms with Crippen molar-refractivity contribution in [3.63, 3.8) is 0 Å². The Hall–Kier alpha value is -4.40. The van der Waals surface area contributed by atoms with E-state index >= 15 is 0 Å². The van der Waals surface area contributed by atoms with E-state index in [9.17, 15) is 31.0 Å². The van der Waals surface area contributed by atoms with E-state index < -0.39 is 52.8 Å². The first-order valence-corrected chi connectivity index (χ1v) is 19.8. The lowest BCUT2D eigenvalue weighted by atomic mass is 10.1. The van der Waals surface area contributed by atoms with Gasteiger partial charge < -0.3 is 26.2 Å². The summed E-state index contributed by atoms with van der Waals surface area (Å²) in [4.78, 5) is 13.1. The Balaban J connectivity index is 1.53. The van der Waals surface area contributed by atoms with Crippen molar-refractivity contribution in [1.82, 2.24) is 15.0 Å². The maximum atomic E-state index is 12.5. The van der Waals surface area contributed by atoms with E-state index in [1.165, 1.54) is 23.9 Å². The van der Waals surface area contributed by atoms with E-state index in [0.29, 0.717) is 30.1 Å². The van der Waals surface area contributed by atoms with Crippen LogP contribution in [0.25, 0.3) is 10.8 Å². The fraction of sp³-hybridized carbons (Fsp3) is 0.138. The molecule has 0 atom stereocenters. The molecule has 4 aromatic carbocycles. The molecule has 1 aromatic heterocycles. The highest BCUT2D eigenvalue weighted by atomic mass is 35.5. The molecule has 0 saturated heterocycles. The molecule has 0 radical (unpaired) electrons. The van der Waals surface area contributed by atoms with Gasteiger partial charge in [-0.1, -0.05) is 23.2 Å². The Morgan fingerprint density at radius 2 is 1.66 bits per heavy atom. The summed E-state index contributed by atoms with van der Waals surface area (Å²) in [6.45, 7) is 0.446. The van der Waals surface area contributed by atoms with Gasteiger partial charge in [0.2, 0.25) is 17.2 Å². The van der Waals surface area contributed by atoms with Gasteiger partial charge in [-0.25, -0.2) is 5.26 Å². The van der Waals surface area contributed by atoms with Crippen molar-refractivity contribution in [3.8, 4) is 5.75 Å². The quantitative estimate of drug-likeness (QED) is 0.0116. The number of aliphatic hydroxyl groups excluding tert-OH is 1. The maximum Gasteiger partial charge on any atom is 0.296 e. The molecule has 53 heavy (non-hydrogen) atoms. The van der Waals surface area contributed by atoms with Crippen LogP contribution in [0.5, 0.6) is 5.75 Å². The molecule has 0 saturated carbocycles. The highest BCUT2D eigenvalue weighted by molar-refractivity contribution is 7.99. The van der Waals surface area contributed by atoms with Crippen molar-refractivity contribution >= 4 is 107 Å². The minimum absolute atomic E-state index is 0.0165. The van der Waals surface area contributed by atoms with Crippen LogP contribution in [0.3, 0.4) is 0 Å². The van der Waals surface area contributed by atoms with E-state index in [4.69, 9.17) is 27.7 Å². The van der Waals surface area contributed by atoms with Gasteiger partial charge in [-0.3, -0.25) is 9.11 Å². The Bertz CT molecular complexity index is 2380. The largest absolute Gasteiger partial charge is 0.507 e. The number of fused-ring (bicyclic) bond motifs is 1. The molecule has 0 aliphatic carbocycles. The Kier molecular flexibility index (Phi) is 12.9. The van der Waals surface area contributed by atoms with Crippen LogP contribution in [0.2, 0.25) is 5.28 Å². The van der Waals surface area contributed by atoms with Crippen molar-refractivity contribution < 1.29 is 50.8 Å². The summed E-state index contributed by atoms with van der Waals surface area (Å²) in [6.07, 6.45) is 0. The minimum Gasteiger partial charge on any atom is -0.507 e. The first kappa shape index (κ1) is 39.8. The number of benzene rings is 4. The fourth-order valence-corrected chi connectivity index (χ4v) is 7.33. The zero-order chi connectivity index (χ0) is 38.3. The van der Waals surface area contributed by atoms with Crippen molar-refractivity contribution in [2.75, 3.05) is 40.6 Å². The summed E-state index contributed by atoms with van der Waals surface area (Å²) in [6, 6.07) is 15.9. The van der Waals surface area contributed by atoms with E-state index in [1.807, 2.05) is 30.3 Å². The molecule has 0 aliphatic rings. The molecule has 5 aromatic rings. The number of anilines is 5. The highest BCUT2D eigenvalue weighted by Gasteiger charge is 2.24. The second kappa shape index (κ2) is 17.2. The molecular weight excluding hydrogens is 800 g/mol. The molecule has 280 valence electrons. The van der Waals surface area contributed by atoms with Crippen molar-refractivity contribution in [2.24, 2.45) is 10.2 Å². The summed E-state index contributed by atoms with van der Waals surface area (Å²) in [5.74, 6) is 0.661. The zero-order valence-electron chi connectivity index (χ0n) is 26.6. The third-order valence-corrected chi connectivity index (χ3v) is 10.4. The van der Waals surface area contributed by atoms with Gasteiger partial charge in [-0.2, -0.15) is 43.5 Å². The molecule has 0 aliphatic heterocycles. The van der Waals surface area contributed by atoms with Crippen molar-refractivity contribution in [1.29, 1.82) is 0 Å². The van der Waals surface area contributed by atoms with Gasteiger partial charge >= 0.3 is 0 Å². The second-order valence-electron chi connectivity index (χ2n) is 10.4. The van der Waals surface area contributed by atoms with Gasteiger partial charge in [0.25, 0.3) is 20.2 Å². The summed E-state index contributed by atoms with van der Waals surface area (Å²) < 4.78 is 73.7. The van der Waals surface area contributed by atoms with E-state index in [0.717, 1.165) is 30.0 Å². The minimum atomic E-state index is -5.01. The van der Waals surface area contributed by atoms with E-state index in [1.54, 1.807) is 4.90 Å². The number of nitrogens with two attached hydrogens (primary N) is 1. The number of aromatic nitrogens is 3. The molecular formula is C29H27ClN8O11S4. The average Bonchev–Trinajstić information content (AvgIpc) is 3.10. The number of nitrogens with zero attached hydrogens (tertiary/aromatic N) is 6. The summed E-state index contributed by atoms with van der Waals surface area (Å²) in [7, 11) is -9.98. The van der Waals surface area contributed by atoms with Crippen LogP contribution >= 0.6 is 35.4 Å². The van der Waals surface area contributed by atoms with Gasteiger partial charge in [0, 0.05) is 34.3 Å². The standard InChI is InChI=1S/C29H27ClN8O11S4/c30-27-33-28(35-29(34-27)38(8-10-50-11-9-39)18-4-2-1-3-5-18)32-17-6-7-20(22(14-17)52(42,43)44)36-37-26-24-16(13-23(25(26)31)53(45,46)47)12-19(15-21(24)40)51-49-48-41/h1-7,12-15,39-41H,8-11,31H2,(H,42,43,44)(H,45,46,47)(H,32,33,34,35). The van der Waals surface area contributed by atoms with E-state index in [-0.39, 0.29) is 45.1 Å². The number of hydrogen-bond donors (Lipinski definition) is 7. The van der Waals surface area contributed by atoms with Crippen LogP contribution in [0.1, 0.15) is 0 Å². The summed E-state index contributed by atoms with van der Waals surface area (Å²) in [5, 5.41) is 42.2. The molecule has 5 rings (SSSR count). The van der Waals surface area contributed by atoms with Crippen LogP contribution in [0, 0.1) is 0 Å². The fourth-order valence-electron chi connectivity index (χ4n) is 4.79. The van der Waals surface area contributed by atoms with Gasteiger partial charge in [-0.05, 0) is 65.5 Å². The number of rotatable bonds is 16. The van der Waals surface area contributed by atoms with Gasteiger partial charge in [-0.15, -0.1) is 14.6 Å². The number of para-hydroxylation sites is 1. The van der Waals surface area contributed by atoms with Crippen molar-refractivity contribution in [2.45, 2.75) is 14.7 Å². The topological polar surface area (TPSA) is 293 Å². The third kappa shape index (κ3) is 9.98. The van der Waals surface area contributed by atoms with Gasteiger partial charge in [0.15, 0.2) is 0 Å². The molecule has 0 spiro atoms. The Morgan fingerprint density at radius 1 is 0.925 bits per heavy atom. The van der Waals surface area contributed by atoms with Gasteiger partial charge in [0.05, 0.1) is 29.7 Å². The average molecular weight is 827 g/mol. The summed E-state index contributed by atoms with van der Waals surface area (Å²) >= 11 is 8.21. The number of phenols is 1. The number of hydrogen-bond acceptors (Lipinski definition) is 19. The predicted molar refractivity (Wildman–Crippen MR) is 197 cm³/mol. The molecule has 24 heteroatoms. The Morgan fingerprint density at radius 3 is 2.34 bits per heavy atom. The van der Waals surface area contributed by atoms with Crippen LogP contribution in [0.15, 0.2) is 91.6 Å². The number of halogens is 1. The first-order valence-electron chi connectivity index (χ1n) is 14.6. The number of aliphatic hydroxyl groups is 1. The SMILES string of the molecule is Nc1c(S(=O)(=O)O)cc2cc(SOOO)cc(O)c2c1N=Nc1ccc(Nc2nc(Cl)nc(N(CCSCCO)c3ccccc3)n2)cc1S(=O)(=O)O. The molecule has 0 amide bonds. The number of aromatic hydroxyl groups is 1. The van der Waals surface area contributed by atoms with Gasteiger partial charge in [0.1, 0.15) is 26.9 Å². The summed E-state index contributed by atoms with van der Waals surface area (Å²) in [5.41, 5.74) is 5.23. The van der Waals surface area contributed by atoms with Crippen LogP contribution in [-0.4, -0.2) is 81.0 Å². The number of phenolic OH excluding ortho intramolecular Hbond substituents is 1. The Labute approximate surface area is 314 Å². The number of thioether (sulfide) groups is 1. The third-order valence-electron chi connectivity index (χ3n) is 6.96. The van der Waals surface area contributed by atoms with Crippen LogP contribution in [0.4, 0.5) is 40.3 Å². The number of nitrogen functional groups attached to an aromatic ring is 1. The van der Waals surface area contributed by atoms with Crippen LogP contribution < -0.4 is 16.0 Å². The number of azo groups is 1. The van der Waals surface area contributed by atoms with Crippen molar-refractivity contribution in [3.05, 3.63) is 72.0 Å². The molecule has 1 heterocycles. The molecule has 0 fully saturated rings. The second-order valence-corrected chi connectivity index (χ2v) is 15.5. The highest BCUT2D eigenvalue weighted by Crippen LogP contribution is 2.45. The lowest BCUT2D eigenvalue weighted by molar-refractivity contribution is -0.432. The number of nitrogens with one attached hydrogen (secondary N) is 1. The van der Waals surface area contributed by atoms with Crippen LogP contribution in [-0.2, 0) is 29.6 Å². The van der Waals surface area contributed by atoms with E-state index in [2.05, 4.69) is 39.9 Å². The lowest BCUT2D eigenvalue weighted by Gasteiger charge is -2.23. The molecule has 19 nitrogen and oxygen atoms in total.